The summed E-state index contributed by atoms with van der Waals surface area (Å²) in [6.45, 7) is 7.41. The molecule has 1 aliphatic rings. The molecule has 0 aliphatic carbocycles. The highest BCUT2D eigenvalue weighted by Crippen LogP contribution is 2.19. The number of piperidine rings is 1. The largest absolute Gasteiger partial charge is 0.336 e. The minimum Gasteiger partial charge on any atom is -0.336 e. The Morgan fingerprint density at radius 1 is 1.28 bits per heavy atom. The maximum Gasteiger partial charge on any atom is 0.276 e. The Balaban J connectivity index is 1.65. The fourth-order valence-corrected chi connectivity index (χ4v) is 3.43. The maximum atomic E-state index is 12.9. The van der Waals surface area contributed by atoms with Crippen LogP contribution in [0.3, 0.4) is 0 Å². The van der Waals surface area contributed by atoms with Gasteiger partial charge in [-0.3, -0.25) is 9.69 Å². The van der Waals surface area contributed by atoms with Crippen molar-refractivity contribution in [1.82, 2.24) is 24.8 Å². The number of likely N-dealkylation sites (tertiary alicyclic amines) is 1. The number of carbonyl (C=O) groups is 1. The zero-order chi connectivity index (χ0) is 17.8. The lowest BCUT2D eigenvalue weighted by Gasteiger charge is -2.37. The van der Waals surface area contributed by atoms with Crippen LogP contribution in [-0.2, 0) is 13.1 Å². The van der Waals surface area contributed by atoms with Crippen LogP contribution >= 0.6 is 0 Å². The summed E-state index contributed by atoms with van der Waals surface area (Å²) in [7, 11) is 1.89. The average Bonchev–Trinajstić information content (AvgIpc) is 3.02. The Morgan fingerprint density at radius 2 is 2.04 bits per heavy atom. The third-order valence-electron chi connectivity index (χ3n) is 4.91. The second kappa shape index (κ2) is 7.78. The summed E-state index contributed by atoms with van der Waals surface area (Å²) in [4.78, 5) is 18.7. The van der Waals surface area contributed by atoms with E-state index >= 15 is 0 Å². The van der Waals surface area contributed by atoms with Crippen molar-refractivity contribution in [2.24, 2.45) is 0 Å². The molecular weight excluding hydrogens is 314 g/mol. The second-order valence-corrected chi connectivity index (χ2v) is 6.76. The third kappa shape index (κ3) is 4.07. The molecule has 2 aromatic rings. The predicted octanol–water partition coefficient (Wildman–Crippen LogP) is 2.34. The standard InChI is InChI=1S/C19H27N5O/c1-4-24-20-15(2)18(21-24)19(25)22(3)17-11-8-12-23(14-17)13-16-9-6-5-7-10-16/h5-7,9-10,17H,4,8,11-14H2,1-3H3. The molecule has 1 amide bonds. The molecule has 25 heavy (non-hydrogen) atoms. The molecule has 0 N–H and O–H groups in total. The van der Waals surface area contributed by atoms with Crippen LogP contribution in [0.25, 0.3) is 0 Å². The number of hydrogen-bond donors (Lipinski definition) is 0. The molecule has 1 saturated heterocycles. The van der Waals surface area contributed by atoms with Crippen LogP contribution < -0.4 is 0 Å². The van der Waals surface area contributed by atoms with E-state index < -0.39 is 0 Å². The summed E-state index contributed by atoms with van der Waals surface area (Å²) in [6.07, 6.45) is 2.14. The van der Waals surface area contributed by atoms with Gasteiger partial charge in [-0.2, -0.15) is 9.90 Å². The summed E-state index contributed by atoms with van der Waals surface area (Å²) in [5.41, 5.74) is 2.50. The van der Waals surface area contributed by atoms with Crippen molar-refractivity contribution in [3.05, 3.63) is 47.3 Å². The second-order valence-electron chi connectivity index (χ2n) is 6.76. The van der Waals surface area contributed by atoms with Gasteiger partial charge in [0.2, 0.25) is 0 Å². The van der Waals surface area contributed by atoms with Crippen LogP contribution in [0.2, 0.25) is 0 Å². The topological polar surface area (TPSA) is 54.3 Å². The third-order valence-corrected chi connectivity index (χ3v) is 4.91. The Hall–Kier alpha value is -2.21. The molecule has 3 rings (SSSR count). The van der Waals surface area contributed by atoms with E-state index in [2.05, 4.69) is 39.4 Å². The molecular formula is C19H27N5O. The Labute approximate surface area is 149 Å². The smallest absolute Gasteiger partial charge is 0.276 e. The molecule has 1 fully saturated rings. The monoisotopic (exact) mass is 341 g/mol. The van der Waals surface area contributed by atoms with Crippen LogP contribution in [0.4, 0.5) is 0 Å². The average molecular weight is 341 g/mol. The van der Waals surface area contributed by atoms with Gasteiger partial charge in [0.05, 0.1) is 12.2 Å². The molecule has 6 nitrogen and oxygen atoms in total. The van der Waals surface area contributed by atoms with E-state index in [0.29, 0.717) is 17.9 Å². The fourth-order valence-electron chi connectivity index (χ4n) is 3.43. The first-order valence-corrected chi connectivity index (χ1v) is 9.03. The number of aryl methyl sites for hydroxylation is 2. The molecule has 1 aliphatic heterocycles. The summed E-state index contributed by atoms with van der Waals surface area (Å²) in [6, 6.07) is 10.7. The molecule has 0 saturated carbocycles. The van der Waals surface area contributed by atoms with Crippen LogP contribution in [0.5, 0.6) is 0 Å². The van der Waals surface area contributed by atoms with Crippen molar-refractivity contribution in [2.45, 2.75) is 45.8 Å². The minimum atomic E-state index is -0.0243. The molecule has 1 aromatic carbocycles. The van der Waals surface area contributed by atoms with E-state index in [1.54, 1.807) is 4.80 Å². The van der Waals surface area contributed by atoms with Crippen LogP contribution in [0, 0.1) is 6.92 Å². The van der Waals surface area contributed by atoms with Crippen LogP contribution in [0.1, 0.15) is 41.5 Å². The van der Waals surface area contributed by atoms with Crippen molar-refractivity contribution in [2.75, 3.05) is 20.1 Å². The molecule has 1 atom stereocenters. The van der Waals surface area contributed by atoms with Gasteiger partial charge in [-0.05, 0) is 38.8 Å². The van der Waals surface area contributed by atoms with E-state index in [1.807, 2.05) is 31.9 Å². The number of amides is 1. The van der Waals surface area contributed by atoms with E-state index in [1.165, 1.54) is 5.56 Å². The van der Waals surface area contributed by atoms with Gasteiger partial charge in [-0.25, -0.2) is 0 Å². The molecule has 1 unspecified atom stereocenters. The highest BCUT2D eigenvalue weighted by atomic mass is 16.2. The Kier molecular flexibility index (Phi) is 5.48. The molecule has 134 valence electrons. The molecule has 0 spiro atoms. The fraction of sp³-hybridized carbons (Fsp3) is 0.526. The van der Waals surface area contributed by atoms with Gasteiger partial charge in [-0.15, -0.1) is 5.10 Å². The maximum absolute atomic E-state index is 12.9. The van der Waals surface area contributed by atoms with Gasteiger partial charge in [-0.1, -0.05) is 30.3 Å². The quantitative estimate of drug-likeness (QED) is 0.838. The SMILES string of the molecule is CCn1nc(C)c(C(=O)N(C)C2CCCN(Cc3ccccc3)C2)n1. The lowest BCUT2D eigenvalue weighted by molar-refractivity contribution is 0.0602. The number of likely N-dealkylation sites (N-methyl/N-ethyl adjacent to an activating group) is 1. The highest BCUT2D eigenvalue weighted by molar-refractivity contribution is 5.93. The van der Waals surface area contributed by atoms with Crippen LogP contribution in [0.15, 0.2) is 30.3 Å². The van der Waals surface area contributed by atoms with Crippen LogP contribution in [-0.4, -0.2) is 56.9 Å². The van der Waals surface area contributed by atoms with Gasteiger partial charge < -0.3 is 4.90 Å². The summed E-state index contributed by atoms with van der Waals surface area (Å²) < 4.78 is 0. The zero-order valence-corrected chi connectivity index (χ0v) is 15.4. The highest BCUT2D eigenvalue weighted by Gasteiger charge is 2.29. The number of carbonyl (C=O) groups excluding carboxylic acids is 1. The first-order chi connectivity index (χ1) is 12.1. The van der Waals surface area contributed by atoms with E-state index in [9.17, 15) is 4.79 Å². The van der Waals surface area contributed by atoms with Crippen molar-refractivity contribution >= 4 is 5.91 Å². The van der Waals surface area contributed by atoms with Gasteiger partial charge in [0.15, 0.2) is 5.69 Å². The van der Waals surface area contributed by atoms with Crippen molar-refractivity contribution in [1.29, 1.82) is 0 Å². The Bertz CT molecular complexity index is 712. The van der Waals surface area contributed by atoms with Crippen molar-refractivity contribution < 1.29 is 4.79 Å². The number of nitrogens with zero attached hydrogens (tertiary/aromatic N) is 5. The summed E-state index contributed by atoms with van der Waals surface area (Å²) in [5, 5.41) is 8.63. The number of aromatic nitrogens is 3. The normalized spacial score (nSPS) is 18.3. The molecule has 6 heteroatoms. The molecule has 2 heterocycles. The van der Waals surface area contributed by atoms with E-state index in [-0.39, 0.29) is 11.9 Å². The Morgan fingerprint density at radius 3 is 2.72 bits per heavy atom. The van der Waals surface area contributed by atoms with Gasteiger partial charge in [0.1, 0.15) is 0 Å². The predicted molar refractivity (Wildman–Crippen MR) is 97.3 cm³/mol. The van der Waals surface area contributed by atoms with Gasteiger partial charge >= 0.3 is 0 Å². The number of hydrogen-bond acceptors (Lipinski definition) is 4. The first-order valence-electron chi connectivity index (χ1n) is 9.03. The molecule has 1 aromatic heterocycles. The zero-order valence-electron chi connectivity index (χ0n) is 15.4. The van der Waals surface area contributed by atoms with Gasteiger partial charge in [0, 0.05) is 26.2 Å². The minimum absolute atomic E-state index is 0.0243. The summed E-state index contributed by atoms with van der Waals surface area (Å²) in [5.74, 6) is -0.0243. The molecule has 0 radical (unpaired) electrons. The molecule has 0 bridgehead atoms. The van der Waals surface area contributed by atoms with Crippen molar-refractivity contribution in [3.63, 3.8) is 0 Å². The van der Waals surface area contributed by atoms with E-state index in [4.69, 9.17) is 0 Å². The first kappa shape index (κ1) is 17.6. The lowest BCUT2D eigenvalue weighted by Crippen LogP contribution is -2.48. The number of rotatable bonds is 5. The van der Waals surface area contributed by atoms with E-state index in [0.717, 1.165) is 32.5 Å². The number of benzene rings is 1. The van der Waals surface area contributed by atoms with Gasteiger partial charge in [0.25, 0.3) is 5.91 Å². The lowest BCUT2D eigenvalue weighted by atomic mass is 10.0. The summed E-state index contributed by atoms with van der Waals surface area (Å²) >= 11 is 0. The van der Waals surface area contributed by atoms with Crippen molar-refractivity contribution in [3.8, 4) is 0 Å².